The maximum Gasteiger partial charge on any atom is 0.191 e. The third-order valence-corrected chi connectivity index (χ3v) is 3.43. The molecule has 2 aromatic carbocycles. The molecule has 0 radical (unpaired) electrons. The lowest BCUT2D eigenvalue weighted by Crippen LogP contribution is -2.24. The van der Waals surface area contributed by atoms with Crippen LogP contribution in [0.2, 0.25) is 10.0 Å². The Morgan fingerprint density at radius 3 is 2.73 bits per heavy atom. The quantitative estimate of drug-likeness (QED) is 0.488. The fourth-order valence-corrected chi connectivity index (χ4v) is 2.29. The van der Waals surface area contributed by atoms with E-state index in [2.05, 4.69) is 15.8 Å². The van der Waals surface area contributed by atoms with Crippen molar-refractivity contribution in [1.29, 1.82) is 0 Å². The van der Waals surface area contributed by atoms with Crippen LogP contribution in [0.3, 0.4) is 0 Å². The van der Waals surface area contributed by atoms with Crippen molar-refractivity contribution >= 4 is 52.4 Å². The molecule has 0 unspecified atom stereocenters. The lowest BCUT2D eigenvalue weighted by Gasteiger charge is -2.09. The predicted octanol–water partition coefficient (Wildman–Crippen LogP) is 4.32. The molecular formula is C15H13Cl2N3OS. The van der Waals surface area contributed by atoms with Crippen LogP contribution in [0, 0.1) is 0 Å². The number of benzene rings is 2. The monoisotopic (exact) mass is 353 g/mol. The topological polar surface area (TPSA) is 45.6 Å². The molecule has 0 bridgehead atoms. The van der Waals surface area contributed by atoms with Crippen LogP contribution in [0.25, 0.3) is 0 Å². The highest BCUT2D eigenvalue weighted by molar-refractivity contribution is 7.80. The molecular weight excluding hydrogens is 341 g/mol. The molecule has 0 aliphatic rings. The zero-order valence-corrected chi connectivity index (χ0v) is 14.0. The van der Waals surface area contributed by atoms with Crippen molar-refractivity contribution in [3.05, 3.63) is 58.1 Å². The van der Waals surface area contributed by atoms with Gasteiger partial charge in [-0.25, -0.2) is 0 Å². The van der Waals surface area contributed by atoms with Gasteiger partial charge in [0, 0.05) is 10.6 Å². The summed E-state index contributed by atoms with van der Waals surface area (Å²) in [5.41, 5.74) is 4.20. The fraction of sp³-hybridized carbons (Fsp3) is 0.0667. The number of hydrazone groups is 1. The van der Waals surface area contributed by atoms with Crippen LogP contribution in [-0.2, 0) is 0 Å². The number of methoxy groups -OCH3 is 1. The van der Waals surface area contributed by atoms with E-state index < -0.39 is 0 Å². The van der Waals surface area contributed by atoms with Crippen molar-refractivity contribution in [3.63, 3.8) is 0 Å². The van der Waals surface area contributed by atoms with Crippen LogP contribution in [0.5, 0.6) is 5.75 Å². The zero-order valence-electron chi connectivity index (χ0n) is 11.6. The van der Waals surface area contributed by atoms with E-state index >= 15 is 0 Å². The second-order valence-electron chi connectivity index (χ2n) is 4.19. The number of hydrogen-bond acceptors (Lipinski definition) is 3. The maximum absolute atomic E-state index is 6.05. The van der Waals surface area contributed by atoms with Crippen LogP contribution in [0.15, 0.2) is 47.6 Å². The molecule has 0 saturated carbocycles. The Labute approximate surface area is 144 Å². The summed E-state index contributed by atoms with van der Waals surface area (Å²) in [6, 6.07) is 12.6. The Kier molecular flexibility index (Phi) is 6.00. The van der Waals surface area contributed by atoms with Gasteiger partial charge in [-0.2, -0.15) is 5.10 Å². The number of hydrogen-bond donors (Lipinski definition) is 2. The van der Waals surface area contributed by atoms with Gasteiger partial charge in [-0.3, -0.25) is 5.43 Å². The smallest absolute Gasteiger partial charge is 0.191 e. The summed E-state index contributed by atoms with van der Waals surface area (Å²) in [5.74, 6) is 0.729. The van der Waals surface area contributed by atoms with E-state index in [1.165, 1.54) is 0 Å². The van der Waals surface area contributed by atoms with E-state index in [9.17, 15) is 0 Å². The minimum Gasteiger partial charge on any atom is -0.496 e. The van der Waals surface area contributed by atoms with Gasteiger partial charge >= 0.3 is 0 Å². The molecule has 0 aromatic heterocycles. The number of nitrogens with one attached hydrogen (secondary N) is 2. The van der Waals surface area contributed by atoms with Crippen molar-refractivity contribution in [3.8, 4) is 5.75 Å². The summed E-state index contributed by atoms with van der Waals surface area (Å²) >= 11 is 17.0. The fourth-order valence-electron chi connectivity index (χ4n) is 1.67. The summed E-state index contributed by atoms with van der Waals surface area (Å²) in [4.78, 5) is 0. The molecule has 0 saturated heterocycles. The number of anilines is 1. The first-order chi connectivity index (χ1) is 10.6. The third kappa shape index (κ3) is 4.59. The molecule has 2 rings (SSSR count). The van der Waals surface area contributed by atoms with E-state index in [0.717, 1.165) is 11.3 Å². The molecule has 7 heteroatoms. The van der Waals surface area contributed by atoms with Crippen molar-refractivity contribution < 1.29 is 4.74 Å². The summed E-state index contributed by atoms with van der Waals surface area (Å²) < 4.78 is 5.23. The van der Waals surface area contributed by atoms with Crippen molar-refractivity contribution in [2.45, 2.75) is 0 Å². The van der Waals surface area contributed by atoms with Gasteiger partial charge in [0.15, 0.2) is 5.11 Å². The minimum atomic E-state index is 0.315. The Morgan fingerprint density at radius 1 is 1.23 bits per heavy atom. The van der Waals surface area contributed by atoms with Gasteiger partial charge < -0.3 is 10.1 Å². The molecule has 22 heavy (non-hydrogen) atoms. The van der Waals surface area contributed by atoms with Crippen LogP contribution in [0.4, 0.5) is 5.69 Å². The van der Waals surface area contributed by atoms with Crippen LogP contribution < -0.4 is 15.5 Å². The molecule has 0 fully saturated rings. The van der Waals surface area contributed by atoms with E-state index in [-0.39, 0.29) is 0 Å². The lowest BCUT2D eigenvalue weighted by atomic mass is 10.2. The molecule has 0 atom stereocenters. The molecule has 0 amide bonds. The highest BCUT2D eigenvalue weighted by Crippen LogP contribution is 2.25. The first-order valence-corrected chi connectivity index (χ1v) is 7.44. The van der Waals surface area contributed by atoms with Crippen LogP contribution in [0.1, 0.15) is 5.56 Å². The molecule has 0 heterocycles. The van der Waals surface area contributed by atoms with Gasteiger partial charge in [-0.15, -0.1) is 0 Å². The van der Waals surface area contributed by atoms with Crippen molar-refractivity contribution in [2.75, 3.05) is 12.4 Å². The summed E-state index contributed by atoms with van der Waals surface area (Å²) in [6.45, 7) is 0. The maximum atomic E-state index is 6.05. The van der Waals surface area contributed by atoms with Crippen molar-refractivity contribution in [2.24, 2.45) is 5.10 Å². The Bertz CT molecular complexity index is 707. The molecule has 0 spiro atoms. The number of halogens is 2. The van der Waals surface area contributed by atoms with E-state index in [4.69, 9.17) is 40.2 Å². The van der Waals surface area contributed by atoms with E-state index in [1.54, 1.807) is 31.5 Å². The SMILES string of the molecule is COc1ccccc1C=NNC(=S)Nc1ccc(Cl)cc1Cl. The molecule has 114 valence electrons. The first kappa shape index (κ1) is 16.5. The number of thiocarbonyl (C=S) groups is 1. The van der Waals surface area contributed by atoms with Gasteiger partial charge in [0.25, 0.3) is 0 Å². The largest absolute Gasteiger partial charge is 0.496 e. The average molecular weight is 354 g/mol. The number of ether oxygens (including phenoxy) is 1. The Hall–Kier alpha value is -1.82. The third-order valence-electron chi connectivity index (χ3n) is 2.69. The van der Waals surface area contributed by atoms with Crippen LogP contribution in [-0.4, -0.2) is 18.4 Å². The number of rotatable bonds is 4. The zero-order chi connectivity index (χ0) is 15.9. The number of para-hydroxylation sites is 1. The summed E-state index contributed by atoms with van der Waals surface area (Å²) in [6.07, 6.45) is 1.62. The summed E-state index contributed by atoms with van der Waals surface area (Å²) in [7, 11) is 1.61. The van der Waals surface area contributed by atoms with E-state index in [1.807, 2.05) is 24.3 Å². The van der Waals surface area contributed by atoms with E-state index in [0.29, 0.717) is 20.8 Å². The van der Waals surface area contributed by atoms with Gasteiger partial charge in [0.1, 0.15) is 5.75 Å². The molecule has 4 nitrogen and oxygen atoms in total. The van der Waals surface area contributed by atoms with Gasteiger partial charge in [0.05, 0.1) is 24.0 Å². The van der Waals surface area contributed by atoms with Gasteiger partial charge in [-0.05, 0) is 42.5 Å². The normalized spacial score (nSPS) is 10.5. The minimum absolute atomic E-state index is 0.315. The average Bonchev–Trinajstić information content (AvgIpc) is 2.50. The number of nitrogens with zero attached hydrogens (tertiary/aromatic N) is 1. The lowest BCUT2D eigenvalue weighted by molar-refractivity contribution is 0.414. The highest BCUT2D eigenvalue weighted by atomic mass is 35.5. The van der Waals surface area contributed by atoms with Gasteiger partial charge in [0.2, 0.25) is 0 Å². The Balaban J connectivity index is 1.96. The van der Waals surface area contributed by atoms with Crippen molar-refractivity contribution in [1.82, 2.24) is 5.43 Å². The molecule has 0 aliphatic carbocycles. The molecule has 2 aromatic rings. The summed E-state index contributed by atoms with van der Waals surface area (Å²) in [5, 5.41) is 8.35. The van der Waals surface area contributed by atoms with Gasteiger partial charge in [-0.1, -0.05) is 35.3 Å². The standard InChI is InChI=1S/C15H13Cl2N3OS/c1-21-14-5-3-2-4-10(14)9-18-20-15(22)19-13-7-6-11(16)8-12(13)17/h2-9H,1H3,(H2,19,20,22). The predicted molar refractivity (Wildman–Crippen MR) is 96.4 cm³/mol. The first-order valence-electron chi connectivity index (χ1n) is 6.28. The highest BCUT2D eigenvalue weighted by Gasteiger charge is 2.03. The van der Waals surface area contributed by atoms with Crippen LogP contribution >= 0.6 is 35.4 Å². The second kappa shape index (κ2) is 7.98. The molecule has 0 aliphatic heterocycles. The second-order valence-corrected chi connectivity index (χ2v) is 5.44. The molecule has 2 N–H and O–H groups in total. The Morgan fingerprint density at radius 2 is 2.00 bits per heavy atom.